The average molecular weight is 755 g/mol. The first-order valence-electron chi connectivity index (χ1n) is 20.8. The lowest BCUT2D eigenvalue weighted by molar-refractivity contribution is 0.793. The van der Waals surface area contributed by atoms with Crippen LogP contribution in [0.25, 0.3) is 60.9 Å². The van der Waals surface area contributed by atoms with E-state index in [1.165, 1.54) is 77.4 Å². The summed E-state index contributed by atoms with van der Waals surface area (Å²) in [5.41, 5.74) is 19.4. The van der Waals surface area contributed by atoms with Crippen molar-refractivity contribution in [2.75, 3.05) is 4.90 Å². The van der Waals surface area contributed by atoms with Gasteiger partial charge in [0, 0.05) is 33.4 Å². The van der Waals surface area contributed by atoms with Crippen LogP contribution >= 0.6 is 0 Å². The zero-order chi connectivity index (χ0) is 39.5. The molecule has 2 aliphatic rings. The first kappa shape index (κ1) is 34.8. The third-order valence-corrected chi connectivity index (χ3v) is 12.4. The fourth-order valence-corrected chi connectivity index (χ4v) is 10.1. The minimum atomic E-state index is -0.430. The molecule has 10 aromatic rings. The highest BCUT2D eigenvalue weighted by Gasteiger charge is 2.51. The first-order chi connectivity index (χ1) is 29.3. The largest absolute Gasteiger partial charge is 0.310 e. The molecule has 59 heavy (non-hydrogen) atoms. The molecule has 0 N–H and O–H groups in total. The van der Waals surface area contributed by atoms with Gasteiger partial charge in [-0.15, -0.1) is 0 Å². The third-order valence-electron chi connectivity index (χ3n) is 12.4. The number of hydrogen-bond acceptors (Lipinski definition) is 1. The topological polar surface area (TPSA) is 8.17 Å². The quantitative estimate of drug-likeness (QED) is 0.170. The number of hydrogen-bond donors (Lipinski definition) is 0. The van der Waals surface area contributed by atoms with Crippen LogP contribution in [0.15, 0.2) is 218 Å². The molecule has 1 spiro atoms. The maximum absolute atomic E-state index is 2.48. The Bertz CT molecular complexity index is 3070. The summed E-state index contributed by atoms with van der Waals surface area (Å²) < 4.78 is 2.39. The lowest BCUT2D eigenvalue weighted by Gasteiger charge is -2.32. The molecule has 0 aliphatic heterocycles. The molecule has 280 valence electrons. The van der Waals surface area contributed by atoms with Crippen LogP contribution in [0.3, 0.4) is 0 Å². The molecule has 2 heteroatoms. The van der Waals surface area contributed by atoms with E-state index in [2.05, 4.69) is 228 Å². The van der Waals surface area contributed by atoms with Crippen molar-refractivity contribution in [2.45, 2.75) is 19.3 Å². The van der Waals surface area contributed by atoms with Gasteiger partial charge >= 0.3 is 0 Å². The van der Waals surface area contributed by atoms with Crippen molar-refractivity contribution >= 4 is 38.9 Å². The van der Waals surface area contributed by atoms with Gasteiger partial charge in [-0.1, -0.05) is 178 Å². The maximum atomic E-state index is 2.48. The van der Waals surface area contributed by atoms with Crippen LogP contribution in [0.1, 0.15) is 36.1 Å². The second-order valence-corrected chi connectivity index (χ2v) is 15.2. The molecule has 2 aliphatic carbocycles. The SMILES string of the molecule is CC.c1ccc(-c2ccccc2N(c2ccc(-n3c4ccccc4c4ccccc43)cc2)c2ccc3c(c2)C2(c4ccccc4-c4ccccc42)c2ccccc2-3)cc1. The van der Waals surface area contributed by atoms with Crippen LogP contribution in [-0.4, -0.2) is 4.57 Å². The fourth-order valence-electron chi connectivity index (χ4n) is 10.1. The summed E-state index contributed by atoms with van der Waals surface area (Å²) in [6, 6.07) is 80.5. The van der Waals surface area contributed by atoms with Gasteiger partial charge in [-0.2, -0.15) is 0 Å². The van der Waals surface area contributed by atoms with Gasteiger partial charge in [0.1, 0.15) is 0 Å². The van der Waals surface area contributed by atoms with Crippen LogP contribution in [0.2, 0.25) is 0 Å². The van der Waals surface area contributed by atoms with E-state index in [4.69, 9.17) is 0 Å². The van der Waals surface area contributed by atoms with Crippen molar-refractivity contribution in [1.82, 2.24) is 4.57 Å². The summed E-state index contributed by atoms with van der Waals surface area (Å²) in [7, 11) is 0. The van der Waals surface area contributed by atoms with Gasteiger partial charge in [-0.05, 0) is 105 Å². The first-order valence-corrected chi connectivity index (χ1v) is 20.8. The zero-order valence-electron chi connectivity index (χ0n) is 33.2. The highest BCUT2D eigenvalue weighted by Crippen LogP contribution is 2.63. The Morgan fingerprint density at radius 3 is 1.37 bits per heavy atom. The minimum Gasteiger partial charge on any atom is -0.310 e. The Morgan fingerprint density at radius 2 is 0.797 bits per heavy atom. The number of aromatic nitrogens is 1. The molecule has 0 saturated heterocycles. The van der Waals surface area contributed by atoms with Crippen molar-refractivity contribution in [3.8, 4) is 39.1 Å². The van der Waals surface area contributed by atoms with E-state index in [1.54, 1.807) is 0 Å². The van der Waals surface area contributed by atoms with Crippen LogP contribution in [0.5, 0.6) is 0 Å². The molecular formula is C57H42N2. The number of anilines is 3. The predicted molar refractivity (Wildman–Crippen MR) is 249 cm³/mol. The predicted octanol–water partition coefficient (Wildman–Crippen LogP) is 15.3. The standard InChI is InChI=1S/C55H36N2.C2H6/c1-2-16-37(17-3-1)41-18-7-13-27-52(41)56(38-30-32-39(33-31-38)57-53-28-14-8-22-46(53)47-23-9-15-29-54(47)57)40-34-35-45-44-21-6-12-26-50(44)55(51(45)36-40)48-24-10-4-19-42(48)43-20-5-11-25-49(43)55;1-2/h1-36H;1-2H3. The zero-order valence-corrected chi connectivity index (χ0v) is 33.2. The Morgan fingerprint density at radius 1 is 0.356 bits per heavy atom. The molecule has 1 heterocycles. The molecule has 0 radical (unpaired) electrons. The van der Waals surface area contributed by atoms with Crippen LogP contribution < -0.4 is 4.90 Å². The molecule has 12 rings (SSSR count). The molecule has 0 fully saturated rings. The highest BCUT2D eigenvalue weighted by molar-refractivity contribution is 6.09. The Kier molecular flexibility index (Phi) is 8.20. The van der Waals surface area contributed by atoms with Gasteiger partial charge in [0.05, 0.1) is 22.1 Å². The second-order valence-electron chi connectivity index (χ2n) is 15.2. The summed E-state index contributed by atoms with van der Waals surface area (Å²) in [5.74, 6) is 0. The summed E-state index contributed by atoms with van der Waals surface area (Å²) in [6.45, 7) is 4.00. The number of rotatable bonds is 5. The molecule has 0 saturated carbocycles. The molecule has 0 atom stereocenters. The van der Waals surface area contributed by atoms with Gasteiger partial charge in [0.15, 0.2) is 0 Å². The average Bonchev–Trinajstić information content (AvgIpc) is 3.92. The normalized spacial score (nSPS) is 12.7. The van der Waals surface area contributed by atoms with E-state index in [0.29, 0.717) is 0 Å². The van der Waals surface area contributed by atoms with E-state index in [0.717, 1.165) is 22.7 Å². The highest BCUT2D eigenvalue weighted by atomic mass is 15.1. The minimum absolute atomic E-state index is 0.430. The number of nitrogens with zero attached hydrogens (tertiary/aromatic N) is 2. The van der Waals surface area contributed by atoms with Crippen molar-refractivity contribution in [3.05, 3.63) is 241 Å². The lowest BCUT2D eigenvalue weighted by atomic mass is 9.70. The summed E-state index contributed by atoms with van der Waals surface area (Å²) in [5, 5.41) is 2.53. The summed E-state index contributed by atoms with van der Waals surface area (Å²) >= 11 is 0. The van der Waals surface area contributed by atoms with Gasteiger partial charge in [0.2, 0.25) is 0 Å². The number of benzene rings is 9. The molecule has 0 unspecified atom stereocenters. The number of fused-ring (bicyclic) bond motifs is 13. The summed E-state index contributed by atoms with van der Waals surface area (Å²) in [4.78, 5) is 2.46. The van der Waals surface area contributed by atoms with Gasteiger partial charge in [0.25, 0.3) is 0 Å². The lowest BCUT2D eigenvalue weighted by Crippen LogP contribution is -2.26. The van der Waals surface area contributed by atoms with E-state index in [1.807, 2.05) is 13.8 Å². The van der Waals surface area contributed by atoms with Crippen molar-refractivity contribution in [3.63, 3.8) is 0 Å². The van der Waals surface area contributed by atoms with Gasteiger partial charge < -0.3 is 9.47 Å². The van der Waals surface area contributed by atoms with Crippen molar-refractivity contribution < 1.29 is 0 Å². The van der Waals surface area contributed by atoms with E-state index in [-0.39, 0.29) is 0 Å². The van der Waals surface area contributed by atoms with Crippen molar-refractivity contribution in [2.24, 2.45) is 0 Å². The maximum Gasteiger partial charge on any atom is 0.0726 e. The van der Waals surface area contributed by atoms with Crippen molar-refractivity contribution in [1.29, 1.82) is 0 Å². The van der Waals surface area contributed by atoms with Crippen LogP contribution in [0, 0.1) is 0 Å². The van der Waals surface area contributed by atoms with E-state index in [9.17, 15) is 0 Å². The summed E-state index contributed by atoms with van der Waals surface area (Å²) in [6.07, 6.45) is 0. The monoisotopic (exact) mass is 754 g/mol. The molecule has 0 bridgehead atoms. The second kappa shape index (κ2) is 13.9. The number of para-hydroxylation sites is 3. The van der Waals surface area contributed by atoms with Gasteiger partial charge in [-0.3, -0.25) is 0 Å². The molecule has 1 aromatic heterocycles. The van der Waals surface area contributed by atoms with E-state index < -0.39 is 5.41 Å². The third kappa shape index (κ3) is 5.06. The van der Waals surface area contributed by atoms with Crippen LogP contribution in [-0.2, 0) is 5.41 Å². The van der Waals surface area contributed by atoms with Gasteiger partial charge in [-0.25, -0.2) is 0 Å². The van der Waals surface area contributed by atoms with E-state index >= 15 is 0 Å². The van der Waals surface area contributed by atoms with Crippen LogP contribution in [0.4, 0.5) is 17.1 Å². The Balaban J connectivity index is 0.00000196. The fraction of sp³-hybridized carbons (Fsp3) is 0.0526. The molecule has 0 amide bonds. The Labute approximate surface area is 345 Å². The Hall–Kier alpha value is -7.42. The molecule has 2 nitrogen and oxygen atoms in total. The smallest absolute Gasteiger partial charge is 0.0726 e. The molecule has 9 aromatic carbocycles. The molecular weight excluding hydrogens is 713 g/mol.